The molecule has 3 heterocycles. The predicted octanol–water partition coefficient (Wildman–Crippen LogP) is 5.37. The Morgan fingerprint density at radius 1 is 1.27 bits per heavy atom. The number of rotatable bonds is 5. The first-order valence-corrected chi connectivity index (χ1v) is 12.0. The van der Waals surface area contributed by atoms with E-state index in [0.29, 0.717) is 32.6 Å². The number of hydrogen-bond acceptors (Lipinski definition) is 5. The molecule has 2 aliphatic heterocycles. The Morgan fingerprint density at radius 2 is 2.09 bits per heavy atom. The predicted molar refractivity (Wildman–Crippen MR) is 133 cm³/mol. The number of amides is 1. The number of benzene rings is 2. The lowest BCUT2D eigenvalue weighted by Crippen LogP contribution is -2.35. The van der Waals surface area contributed by atoms with Crippen molar-refractivity contribution in [3.63, 3.8) is 0 Å². The summed E-state index contributed by atoms with van der Waals surface area (Å²) in [6.45, 7) is 2.92. The summed E-state index contributed by atoms with van der Waals surface area (Å²) in [7, 11) is 0. The lowest BCUT2D eigenvalue weighted by Gasteiger charge is -2.18. The van der Waals surface area contributed by atoms with Crippen molar-refractivity contribution in [2.75, 3.05) is 13.2 Å². The van der Waals surface area contributed by atoms with Gasteiger partial charge in [-0.2, -0.15) is 5.10 Å². The van der Waals surface area contributed by atoms with Crippen LogP contribution >= 0.6 is 24.0 Å². The van der Waals surface area contributed by atoms with E-state index in [-0.39, 0.29) is 17.8 Å². The molecule has 2 aromatic carbocycles. The van der Waals surface area contributed by atoms with E-state index in [1.807, 2.05) is 42.6 Å². The maximum atomic E-state index is 14.3. The number of aryl methyl sites for hydroxylation is 1. The second-order valence-electron chi connectivity index (χ2n) is 8.10. The fraction of sp³-hybridized carbons (Fsp3) is 0.240. The standard InChI is InChI=1S/C25H22FN3O2S2/c1-16-9-10-17(12-21(16)26)23-18(14-29(27-23)19-6-3-2-4-7-19)13-22-24(30)28(25(32)33-22)15-20-8-5-11-31-20/h2-4,6-7,9-10,12-14,20H,5,8,11,15H2,1H3. The molecule has 1 unspecified atom stereocenters. The van der Waals surface area contributed by atoms with Gasteiger partial charge in [-0.3, -0.25) is 9.69 Å². The zero-order chi connectivity index (χ0) is 22.9. The SMILES string of the molecule is Cc1ccc(-c2nn(-c3ccccc3)cc2C=C2SC(=S)N(CC3CCCO3)C2=O)cc1F. The maximum absolute atomic E-state index is 14.3. The first kappa shape index (κ1) is 22.0. The highest BCUT2D eigenvalue weighted by Crippen LogP contribution is 2.35. The van der Waals surface area contributed by atoms with Crippen molar-refractivity contribution in [3.8, 4) is 16.9 Å². The van der Waals surface area contributed by atoms with Crippen LogP contribution in [0.5, 0.6) is 0 Å². The van der Waals surface area contributed by atoms with Crippen LogP contribution in [0.25, 0.3) is 23.0 Å². The summed E-state index contributed by atoms with van der Waals surface area (Å²) >= 11 is 6.76. The number of halogens is 1. The van der Waals surface area contributed by atoms with Gasteiger partial charge >= 0.3 is 0 Å². The van der Waals surface area contributed by atoms with E-state index < -0.39 is 0 Å². The quantitative estimate of drug-likeness (QED) is 0.364. The smallest absolute Gasteiger partial charge is 0.266 e. The minimum atomic E-state index is -0.296. The Balaban J connectivity index is 1.53. The summed E-state index contributed by atoms with van der Waals surface area (Å²) in [6, 6.07) is 14.7. The summed E-state index contributed by atoms with van der Waals surface area (Å²) in [6.07, 6.45) is 5.62. The van der Waals surface area contributed by atoms with Gasteiger partial charge in [-0.1, -0.05) is 54.3 Å². The number of thioether (sulfide) groups is 1. The zero-order valence-electron chi connectivity index (χ0n) is 18.0. The molecule has 33 heavy (non-hydrogen) atoms. The molecule has 168 valence electrons. The third-order valence-electron chi connectivity index (χ3n) is 5.78. The number of hydrogen-bond donors (Lipinski definition) is 0. The van der Waals surface area contributed by atoms with E-state index in [9.17, 15) is 9.18 Å². The molecule has 3 aromatic rings. The first-order valence-electron chi connectivity index (χ1n) is 10.8. The highest BCUT2D eigenvalue weighted by molar-refractivity contribution is 8.26. The molecule has 8 heteroatoms. The van der Waals surface area contributed by atoms with Crippen LogP contribution in [0.1, 0.15) is 24.0 Å². The molecule has 0 bridgehead atoms. The van der Waals surface area contributed by atoms with E-state index in [1.165, 1.54) is 17.8 Å². The Hall–Kier alpha value is -2.81. The van der Waals surface area contributed by atoms with E-state index >= 15 is 0 Å². The average molecular weight is 480 g/mol. The monoisotopic (exact) mass is 479 g/mol. The van der Waals surface area contributed by atoms with Crippen LogP contribution in [0.3, 0.4) is 0 Å². The van der Waals surface area contributed by atoms with Gasteiger partial charge in [-0.25, -0.2) is 9.07 Å². The van der Waals surface area contributed by atoms with Crippen molar-refractivity contribution in [1.82, 2.24) is 14.7 Å². The van der Waals surface area contributed by atoms with Crippen molar-refractivity contribution in [2.24, 2.45) is 0 Å². The van der Waals surface area contributed by atoms with Gasteiger partial charge in [0.1, 0.15) is 15.8 Å². The minimum Gasteiger partial charge on any atom is -0.376 e. The molecular weight excluding hydrogens is 457 g/mol. The number of thiocarbonyl (C=S) groups is 1. The van der Waals surface area contributed by atoms with Crippen molar-refractivity contribution in [2.45, 2.75) is 25.9 Å². The molecule has 0 radical (unpaired) electrons. The second kappa shape index (κ2) is 9.21. The molecule has 1 atom stereocenters. The third-order valence-corrected chi connectivity index (χ3v) is 7.16. The van der Waals surface area contributed by atoms with Crippen LogP contribution in [-0.2, 0) is 9.53 Å². The Labute approximate surface area is 201 Å². The van der Waals surface area contributed by atoms with Crippen LogP contribution in [0, 0.1) is 12.7 Å². The van der Waals surface area contributed by atoms with Crippen molar-refractivity contribution < 1.29 is 13.9 Å². The molecule has 2 fully saturated rings. The maximum Gasteiger partial charge on any atom is 0.266 e. The van der Waals surface area contributed by atoms with Crippen molar-refractivity contribution >= 4 is 40.3 Å². The van der Waals surface area contributed by atoms with Crippen molar-refractivity contribution in [3.05, 3.63) is 76.6 Å². The first-order chi connectivity index (χ1) is 16.0. The summed E-state index contributed by atoms with van der Waals surface area (Å²) < 4.78 is 22.3. The van der Waals surface area contributed by atoms with Gasteiger partial charge in [-0.15, -0.1) is 0 Å². The van der Waals surface area contributed by atoms with Gasteiger partial charge in [0, 0.05) is 23.9 Å². The molecule has 0 spiro atoms. The summed E-state index contributed by atoms with van der Waals surface area (Å²) in [5, 5.41) is 4.73. The van der Waals surface area contributed by atoms with Gasteiger partial charge in [-0.05, 0) is 49.6 Å². The Bertz CT molecular complexity index is 1250. The average Bonchev–Trinajstić information content (AvgIpc) is 3.54. The topological polar surface area (TPSA) is 47.4 Å². The molecule has 1 amide bonds. The second-order valence-corrected chi connectivity index (χ2v) is 9.78. The molecular formula is C25H22FN3O2S2. The largest absolute Gasteiger partial charge is 0.376 e. The van der Waals surface area contributed by atoms with Crippen LogP contribution in [-0.4, -0.2) is 44.2 Å². The lowest BCUT2D eigenvalue weighted by molar-refractivity contribution is -0.123. The van der Waals surface area contributed by atoms with Crippen molar-refractivity contribution in [1.29, 1.82) is 0 Å². The van der Waals surface area contributed by atoms with Crippen LogP contribution < -0.4 is 0 Å². The van der Waals surface area contributed by atoms with E-state index in [1.54, 1.807) is 28.6 Å². The van der Waals surface area contributed by atoms with E-state index in [0.717, 1.165) is 30.7 Å². The molecule has 1 aromatic heterocycles. The minimum absolute atomic E-state index is 0.0266. The summed E-state index contributed by atoms with van der Waals surface area (Å²) in [5.74, 6) is -0.426. The Morgan fingerprint density at radius 3 is 2.82 bits per heavy atom. The van der Waals surface area contributed by atoms with Crippen LogP contribution in [0.4, 0.5) is 4.39 Å². The third kappa shape index (κ3) is 4.51. The fourth-order valence-electron chi connectivity index (χ4n) is 3.96. The van der Waals surface area contributed by atoms with E-state index in [2.05, 4.69) is 0 Å². The number of para-hydroxylation sites is 1. The normalized spacial score (nSPS) is 19.8. The van der Waals surface area contributed by atoms with Crippen LogP contribution in [0.15, 0.2) is 59.6 Å². The molecule has 0 aliphatic carbocycles. The Kier molecular flexibility index (Phi) is 6.14. The van der Waals surface area contributed by atoms with Gasteiger partial charge in [0.25, 0.3) is 5.91 Å². The number of nitrogens with zero attached hydrogens (tertiary/aromatic N) is 3. The number of aromatic nitrogens is 2. The molecule has 0 N–H and O–H groups in total. The number of carbonyl (C=O) groups excluding carboxylic acids is 1. The lowest BCUT2D eigenvalue weighted by atomic mass is 10.1. The highest BCUT2D eigenvalue weighted by Gasteiger charge is 2.35. The molecule has 5 nitrogen and oxygen atoms in total. The van der Waals surface area contributed by atoms with Gasteiger partial charge < -0.3 is 4.74 Å². The fourth-order valence-corrected chi connectivity index (χ4v) is 5.23. The van der Waals surface area contributed by atoms with Gasteiger partial charge in [0.05, 0.1) is 23.2 Å². The molecule has 5 rings (SSSR count). The zero-order valence-corrected chi connectivity index (χ0v) is 19.7. The molecule has 0 saturated carbocycles. The summed E-state index contributed by atoms with van der Waals surface area (Å²) in [4.78, 5) is 15.3. The van der Waals surface area contributed by atoms with Crippen LogP contribution in [0.2, 0.25) is 0 Å². The highest BCUT2D eigenvalue weighted by atomic mass is 32.2. The number of carbonyl (C=O) groups is 1. The molecule has 2 saturated heterocycles. The molecule has 2 aliphatic rings. The summed E-state index contributed by atoms with van der Waals surface area (Å²) in [5.41, 5.74) is 3.41. The van der Waals surface area contributed by atoms with Gasteiger partial charge in [0.15, 0.2) is 0 Å². The van der Waals surface area contributed by atoms with Gasteiger partial charge in [0.2, 0.25) is 0 Å². The number of ether oxygens (including phenoxy) is 1. The van der Waals surface area contributed by atoms with E-state index in [4.69, 9.17) is 22.1 Å².